The summed E-state index contributed by atoms with van der Waals surface area (Å²) < 4.78 is 19.9. The molecule has 2 aliphatic rings. The van der Waals surface area contributed by atoms with Gasteiger partial charge in [-0.25, -0.2) is 19.3 Å². The second kappa shape index (κ2) is 8.99. The van der Waals surface area contributed by atoms with Crippen LogP contribution < -0.4 is 10.6 Å². The van der Waals surface area contributed by atoms with E-state index in [2.05, 4.69) is 30.6 Å². The van der Waals surface area contributed by atoms with E-state index in [1.54, 1.807) is 18.5 Å². The maximum absolute atomic E-state index is 14.5. The van der Waals surface area contributed by atoms with Gasteiger partial charge in [0.05, 0.1) is 23.7 Å². The van der Waals surface area contributed by atoms with Gasteiger partial charge in [-0.15, -0.1) is 0 Å². The predicted molar refractivity (Wildman–Crippen MR) is 119 cm³/mol. The summed E-state index contributed by atoms with van der Waals surface area (Å²) in [6, 6.07) is 1.84. The lowest BCUT2D eigenvalue weighted by Gasteiger charge is -2.31. The molecule has 0 aromatic carbocycles. The molecule has 3 N–H and O–H groups in total. The summed E-state index contributed by atoms with van der Waals surface area (Å²) in [7, 11) is 0. The van der Waals surface area contributed by atoms with Crippen LogP contribution in [0.1, 0.15) is 32.1 Å². The number of carbonyl (C=O) groups is 1. The molecule has 1 saturated heterocycles. The molecule has 1 aliphatic carbocycles. The Labute approximate surface area is 189 Å². The van der Waals surface area contributed by atoms with Crippen LogP contribution in [0.2, 0.25) is 5.02 Å². The minimum Gasteiger partial charge on any atom is -0.381 e. The van der Waals surface area contributed by atoms with E-state index < -0.39 is 5.82 Å². The fourth-order valence-corrected chi connectivity index (χ4v) is 4.62. The lowest BCUT2D eigenvalue weighted by molar-refractivity contribution is -0.125. The fourth-order valence-electron chi connectivity index (χ4n) is 4.47. The van der Waals surface area contributed by atoms with Crippen molar-refractivity contribution in [2.24, 2.45) is 5.92 Å². The number of pyridine rings is 1. The highest BCUT2D eigenvalue weighted by atomic mass is 35.5. The van der Waals surface area contributed by atoms with Crippen molar-refractivity contribution in [3.8, 4) is 11.4 Å². The standard InChI is InChI=1S/C22H24ClFN6O2/c23-13-6-16-17(9-26-19(16)25-8-13)20-27-10-18(24)21(30-20)28-14-2-1-3-15(7-14)29-22(31)12-4-5-32-11-12/h6,8-10,12,14-15H,1-5,7,11H2,(H,25,26)(H,29,31)(H,27,28,30)/t12?,14?,15-/m1/s1. The molecule has 4 heterocycles. The quantitative estimate of drug-likeness (QED) is 0.538. The van der Waals surface area contributed by atoms with Gasteiger partial charge in [0.15, 0.2) is 17.5 Å². The Hall–Kier alpha value is -2.78. The molecule has 5 rings (SSSR count). The Morgan fingerprint density at radius 3 is 2.94 bits per heavy atom. The van der Waals surface area contributed by atoms with Gasteiger partial charge in [0.2, 0.25) is 5.91 Å². The first-order valence-corrected chi connectivity index (χ1v) is 11.2. The molecule has 1 amide bonds. The molecule has 0 bridgehead atoms. The summed E-state index contributed by atoms with van der Waals surface area (Å²) in [4.78, 5) is 28.4. The van der Waals surface area contributed by atoms with Crippen molar-refractivity contribution in [3.63, 3.8) is 0 Å². The number of halogens is 2. The van der Waals surface area contributed by atoms with Crippen LogP contribution in [0, 0.1) is 11.7 Å². The number of nitrogens with one attached hydrogen (secondary N) is 3. The monoisotopic (exact) mass is 458 g/mol. The van der Waals surface area contributed by atoms with Crippen molar-refractivity contribution in [2.75, 3.05) is 18.5 Å². The summed E-state index contributed by atoms with van der Waals surface area (Å²) >= 11 is 6.09. The number of rotatable bonds is 5. The Bertz CT molecular complexity index is 1130. The lowest BCUT2D eigenvalue weighted by atomic mass is 9.90. The Morgan fingerprint density at radius 1 is 1.22 bits per heavy atom. The van der Waals surface area contributed by atoms with Gasteiger partial charge >= 0.3 is 0 Å². The van der Waals surface area contributed by atoms with Gasteiger partial charge in [-0.05, 0) is 38.2 Å². The predicted octanol–water partition coefficient (Wildman–Crippen LogP) is 3.69. The second-order valence-corrected chi connectivity index (χ2v) is 8.85. The van der Waals surface area contributed by atoms with Crippen LogP contribution in [0.25, 0.3) is 22.4 Å². The Kier molecular flexibility index (Phi) is 5.93. The molecule has 3 aromatic heterocycles. The first-order chi connectivity index (χ1) is 15.6. The highest BCUT2D eigenvalue weighted by Crippen LogP contribution is 2.29. The van der Waals surface area contributed by atoms with Crippen LogP contribution in [0.4, 0.5) is 10.2 Å². The third-order valence-electron chi connectivity index (χ3n) is 6.14. The van der Waals surface area contributed by atoms with Crippen LogP contribution in [0.15, 0.2) is 24.7 Å². The highest BCUT2D eigenvalue weighted by molar-refractivity contribution is 6.31. The Morgan fingerprint density at radius 2 is 2.09 bits per heavy atom. The van der Waals surface area contributed by atoms with Gasteiger partial charge in [0, 0.05) is 42.0 Å². The van der Waals surface area contributed by atoms with Crippen molar-refractivity contribution >= 4 is 34.4 Å². The van der Waals surface area contributed by atoms with E-state index in [4.69, 9.17) is 16.3 Å². The van der Waals surface area contributed by atoms with Gasteiger partial charge in [-0.3, -0.25) is 4.79 Å². The number of aromatic nitrogens is 4. The number of nitrogens with zero attached hydrogens (tertiary/aromatic N) is 3. The smallest absolute Gasteiger partial charge is 0.225 e. The molecule has 3 atom stereocenters. The number of amides is 1. The third-order valence-corrected chi connectivity index (χ3v) is 6.35. The maximum Gasteiger partial charge on any atom is 0.225 e. The van der Waals surface area contributed by atoms with E-state index in [0.717, 1.165) is 31.1 Å². The molecule has 2 unspecified atom stereocenters. The maximum atomic E-state index is 14.5. The van der Waals surface area contributed by atoms with E-state index in [1.807, 2.05) is 0 Å². The highest BCUT2D eigenvalue weighted by Gasteiger charge is 2.29. The van der Waals surface area contributed by atoms with Crippen molar-refractivity contribution in [3.05, 3.63) is 35.5 Å². The molecule has 0 radical (unpaired) electrons. The van der Waals surface area contributed by atoms with E-state index in [-0.39, 0.29) is 29.7 Å². The minimum atomic E-state index is -0.515. The van der Waals surface area contributed by atoms with Gasteiger partial charge < -0.3 is 20.4 Å². The zero-order valence-electron chi connectivity index (χ0n) is 17.4. The summed E-state index contributed by atoms with van der Waals surface area (Å²) in [5.74, 6) is 0.00487. The van der Waals surface area contributed by atoms with E-state index in [0.29, 0.717) is 41.7 Å². The zero-order chi connectivity index (χ0) is 22.1. The van der Waals surface area contributed by atoms with Crippen LogP contribution >= 0.6 is 11.6 Å². The zero-order valence-corrected chi connectivity index (χ0v) is 18.2. The van der Waals surface area contributed by atoms with Gasteiger partial charge in [0.25, 0.3) is 0 Å². The summed E-state index contributed by atoms with van der Waals surface area (Å²) in [5, 5.41) is 7.64. The van der Waals surface area contributed by atoms with Crippen LogP contribution in [-0.4, -0.2) is 51.1 Å². The van der Waals surface area contributed by atoms with Gasteiger partial charge in [-0.1, -0.05) is 11.6 Å². The Balaban J connectivity index is 1.30. The number of hydrogen-bond acceptors (Lipinski definition) is 6. The SMILES string of the molecule is O=C(N[C@@H]1CCCC(Nc2nc(-c3c[nH]c4ncc(Cl)cc34)ncc2F)C1)C1CCOC1. The number of fused-ring (bicyclic) bond motifs is 1. The molecule has 1 saturated carbocycles. The van der Waals surface area contributed by atoms with Gasteiger partial charge in [0.1, 0.15) is 5.65 Å². The van der Waals surface area contributed by atoms with Crippen LogP contribution in [-0.2, 0) is 9.53 Å². The number of H-pyrrole nitrogens is 1. The van der Waals surface area contributed by atoms with Gasteiger partial charge in [-0.2, -0.15) is 0 Å². The van der Waals surface area contributed by atoms with Crippen LogP contribution in [0.3, 0.4) is 0 Å². The largest absolute Gasteiger partial charge is 0.381 e. The van der Waals surface area contributed by atoms with Crippen molar-refractivity contribution < 1.29 is 13.9 Å². The number of carbonyl (C=O) groups excluding carboxylic acids is 1. The molecule has 3 aromatic rings. The lowest BCUT2D eigenvalue weighted by Crippen LogP contribution is -2.44. The molecule has 0 spiro atoms. The van der Waals surface area contributed by atoms with Crippen LogP contribution in [0.5, 0.6) is 0 Å². The first-order valence-electron chi connectivity index (χ1n) is 10.9. The van der Waals surface area contributed by atoms with Crippen molar-refractivity contribution in [1.82, 2.24) is 25.3 Å². The van der Waals surface area contributed by atoms with Crippen molar-refractivity contribution in [1.29, 1.82) is 0 Å². The molecule has 10 heteroatoms. The average molecular weight is 459 g/mol. The molecule has 8 nitrogen and oxygen atoms in total. The van der Waals surface area contributed by atoms with E-state index in [1.165, 1.54) is 6.20 Å². The second-order valence-electron chi connectivity index (χ2n) is 8.42. The van der Waals surface area contributed by atoms with Crippen molar-refractivity contribution in [2.45, 2.75) is 44.2 Å². The molecular weight excluding hydrogens is 435 g/mol. The normalized spacial score (nSPS) is 23.4. The summed E-state index contributed by atoms with van der Waals surface area (Å²) in [6.45, 7) is 1.13. The average Bonchev–Trinajstić information content (AvgIpc) is 3.46. The van der Waals surface area contributed by atoms with E-state index >= 15 is 0 Å². The first kappa shape index (κ1) is 21.1. The number of hydrogen-bond donors (Lipinski definition) is 3. The van der Waals surface area contributed by atoms with E-state index in [9.17, 15) is 9.18 Å². The number of anilines is 1. The number of aromatic amines is 1. The molecule has 168 valence electrons. The number of ether oxygens (including phenoxy) is 1. The minimum absolute atomic E-state index is 0.00482. The third kappa shape index (κ3) is 4.40. The topological polar surface area (TPSA) is 105 Å². The summed E-state index contributed by atoms with van der Waals surface area (Å²) in [6.07, 6.45) is 8.68. The summed E-state index contributed by atoms with van der Waals surface area (Å²) in [5.41, 5.74) is 1.36. The molecule has 1 aliphatic heterocycles. The molecular formula is C22H24ClFN6O2. The molecule has 32 heavy (non-hydrogen) atoms. The molecule has 2 fully saturated rings. The fraction of sp³-hybridized carbons (Fsp3) is 0.455.